The molecule has 0 bridgehead atoms. The van der Waals surface area contributed by atoms with Crippen LogP contribution in [0.4, 0.5) is 5.69 Å². The van der Waals surface area contributed by atoms with Gasteiger partial charge < -0.3 is 0 Å². The van der Waals surface area contributed by atoms with Gasteiger partial charge in [0.1, 0.15) is 4.21 Å². The molecule has 2 heterocycles. The Morgan fingerprint density at radius 2 is 2.10 bits per heavy atom. The SMILES string of the molecule is O=S(=O)(Nc1cccc(-c2nn[nH]n2)c1)c1ccc(Br)s1. The second-order valence-corrected chi connectivity index (χ2v) is 8.35. The molecule has 0 aliphatic carbocycles. The van der Waals surface area contributed by atoms with E-state index in [4.69, 9.17) is 0 Å². The molecule has 0 aliphatic heterocycles. The second-order valence-electron chi connectivity index (χ2n) is 3.98. The molecule has 0 atom stereocenters. The maximum atomic E-state index is 12.2. The third kappa shape index (κ3) is 3.12. The molecule has 0 spiro atoms. The molecular weight excluding hydrogens is 378 g/mol. The molecule has 21 heavy (non-hydrogen) atoms. The third-order valence-corrected chi connectivity index (χ3v) is 6.03. The zero-order chi connectivity index (χ0) is 14.9. The lowest BCUT2D eigenvalue weighted by Crippen LogP contribution is -2.11. The molecule has 0 radical (unpaired) electrons. The highest BCUT2D eigenvalue weighted by molar-refractivity contribution is 9.11. The average molecular weight is 386 g/mol. The molecule has 0 amide bonds. The van der Waals surface area contributed by atoms with E-state index in [1.54, 1.807) is 36.4 Å². The van der Waals surface area contributed by atoms with Crippen LogP contribution in [0.2, 0.25) is 0 Å². The fraction of sp³-hybridized carbons (Fsp3) is 0. The van der Waals surface area contributed by atoms with Crippen LogP contribution in [0.3, 0.4) is 0 Å². The highest BCUT2D eigenvalue weighted by Crippen LogP contribution is 2.28. The van der Waals surface area contributed by atoms with Gasteiger partial charge in [-0.25, -0.2) is 8.42 Å². The van der Waals surface area contributed by atoms with Crippen LogP contribution in [-0.2, 0) is 10.0 Å². The Balaban J connectivity index is 1.90. The Hall–Kier alpha value is -1.78. The van der Waals surface area contributed by atoms with E-state index in [0.29, 0.717) is 17.1 Å². The van der Waals surface area contributed by atoms with Gasteiger partial charge in [-0.3, -0.25) is 4.72 Å². The lowest BCUT2D eigenvalue weighted by Gasteiger charge is -2.06. The Kier molecular flexibility index (Phi) is 3.74. The van der Waals surface area contributed by atoms with Crippen molar-refractivity contribution < 1.29 is 8.42 Å². The van der Waals surface area contributed by atoms with Crippen molar-refractivity contribution in [3.63, 3.8) is 0 Å². The number of aromatic amines is 1. The topological polar surface area (TPSA) is 101 Å². The zero-order valence-electron chi connectivity index (χ0n) is 10.3. The first-order chi connectivity index (χ1) is 10.0. The number of hydrogen-bond donors (Lipinski definition) is 2. The van der Waals surface area contributed by atoms with Gasteiger partial charge in [-0.05, 0) is 45.4 Å². The van der Waals surface area contributed by atoms with E-state index in [2.05, 4.69) is 41.3 Å². The summed E-state index contributed by atoms with van der Waals surface area (Å²) in [7, 11) is -3.60. The van der Waals surface area contributed by atoms with Gasteiger partial charge in [-0.15, -0.1) is 21.5 Å². The van der Waals surface area contributed by atoms with Crippen LogP contribution in [-0.4, -0.2) is 29.0 Å². The van der Waals surface area contributed by atoms with Crippen LogP contribution in [0.1, 0.15) is 0 Å². The third-order valence-electron chi connectivity index (χ3n) is 2.53. The Bertz CT molecular complexity index is 860. The average Bonchev–Trinajstić information content (AvgIpc) is 3.09. The molecule has 0 aliphatic rings. The Labute approximate surface area is 132 Å². The van der Waals surface area contributed by atoms with Crippen molar-refractivity contribution in [2.75, 3.05) is 4.72 Å². The van der Waals surface area contributed by atoms with E-state index in [1.807, 2.05) is 0 Å². The molecule has 2 aromatic heterocycles. The number of tetrazole rings is 1. The number of nitrogens with one attached hydrogen (secondary N) is 2. The monoisotopic (exact) mass is 385 g/mol. The molecule has 0 fully saturated rings. The summed E-state index contributed by atoms with van der Waals surface area (Å²) < 4.78 is 28.0. The van der Waals surface area contributed by atoms with Gasteiger partial charge in [0.25, 0.3) is 10.0 Å². The van der Waals surface area contributed by atoms with Gasteiger partial charge >= 0.3 is 0 Å². The van der Waals surface area contributed by atoms with Gasteiger partial charge in [0.15, 0.2) is 0 Å². The number of halogens is 1. The van der Waals surface area contributed by atoms with E-state index < -0.39 is 10.0 Å². The summed E-state index contributed by atoms with van der Waals surface area (Å²) in [6, 6.07) is 10.0. The molecule has 3 rings (SSSR count). The van der Waals surface area contributed by atoms with Crippen LogP contribution >= 0.6 is 27.3 Å². The van der Waals surface area contributed by atoms with Crippen molar-refractivity contribution >= 4 is 43.0 Å². The number of sulfonamides is 1. The van der Waals surface area contributed by atoms with Crippen molar-refractivity contribution in [3.8, 4) is 11.4 Å². The molecule has 10 heteroatoms. The molecule has 7 nitrogen and oxygen atoms in total. The molecule has 108 valence electrons. The molecule has 0 saturated heterocycles. The highest BCUT2D eigenvalue weighted by atomic mass is 79.9. The van der Waals surface area contributed by atoms with E-state index in [9.17, 15) is 8.42 Å². The fourth-order valence-corrected chi connectivity index (χ4v) is 4.71. The van der Waals surface area contributed by atoms with E-state index in [0.717, 1.165) is 15.1 Å². The highest BCUT2D eigenvalue weighted by Gasteiger charge is 2.17. The number of benzene rings is 1. The summed E-state index contributed by atoms with van der Waals surface area (Å²) >= 11 is 4.39. The van der Waals surface area contributed by atoms with E-state index >= 15 is 0 Å². The lowest BCUT2D eigenvalue weighted by atomic mass is 10.2. The Morgan fingerprint density at radius 3 is 2.76 bits per heavy atom. The number of thiophene rings is 1. The van der Waals surface area contributed by atoms with Gasteiger partial charge in [0, 0.05) is 11.3 Å². The van der Waals surface area contributed by atoms with Crippen LogP contribution < -0.4 is 4.72 Å². The summed E-state index contributed by atoms with van der Waals surface area (Å²) in [5.74, 6) is 0.398. The van der Waals surface area contributed by atoms with Crippen LogP contribution in [0.25, 0.3) is 11.4 Å². The first-order valence-electron chi connectivity index (χ1n) is 5.67. The van der Waals surface area contributed by atoms with Gasteiger partial charge in [0.2, 0.25) is 5.82 Å². The summed E-state index contributed by atoms with van der Waals surface area (Å²) in [6.45, 7) is 0. The summed E-state index contributed by atoms with van der Waals surface area (Å²) in [4.78, 5) is 0. The first-order valence-corrected chi connectivity index (χ1v) is 8.76. The molecule has 0 unspecified atom stereocenters. The predicted molar refractivity (Wildman–Crippen MR) is 82.4 cm³/mol. The van der Waals surface area contributed by atoms with Crippen molar-refractivity contribution in [1.82, 2.24) is 20.6 Å². The molecule has 0 saturated carbocycles. The van der Waals surface area contributed by atoms with Gasteiger partial charge in [-0.1, -0.05) is 12.1 Å². The normalized spacial score (nSPS) is 11.5. The molecule has 2 N–H and O–H groups in total. The standard InChI is InChI=1S/C11H8BrN5O2S2/c12-9-4-5-10(20-9)21(18,19)15-8-3-1-2-7(6-8)11-13-16-17-14-11/h1-6,15H,(H,13,14,16,17). The minimum Gasteiger partial charge on any atom is -0.279 e. The number of anilines is 1. The van der Waals surface area contributed by atoms with Crippen molar-refractivity contribution in [2.45, 2.75) is 4.21 Å². The molecular formula is C11H8BrN5O2S2. The number of aromatic nitrogens is 4. The molecule has 3 aromatic rings. The number of H-pyrrole nitrogens is 1. The Morgan fingerprint density at radius 1 is 1.24 bits per heavy atom. The van der Waals surface area contributed by atoms with E-state index in [-0.39, 0.29) is 4.21 Å². The maximum Gasteiger partial charge on any atom is 0.271 e. The minimum absolute atomic E-state index is 0.235. The summed E-state index contributed by atoms with van der Waals surface area (Å²) in [5.41, 5.74) is 1.10. The van der Waals surface area contributed by atoms with Gasteiger partial charge in [-0.2, -0.15) is 5.21 Å². The number of nitrogens with zero attached hydrogens (tertiary/aromatic N) is 3. The van der Waals surface area contributed by atoms with Crippen LogP contribution in [0, 0.1) is 0 Å². The predicted octanol–water partition coefficient (Wildman–Crippen LogP) is 2.49. The largest absolute Gasteiger partial charge is 0.279 e. The van der Waals surface area contributed by atoms with Crippen molar-refractivity contribution in [3.05, 3.63) is 40.2 Å². The van der Waals surface area contributed by atoms with Crippen LogP contribution in [0.15, 0.2) is 44.4 Å². The minimum atomic E-state index is -3.60. The maximum absolute atomic E-state index is 12.2. The van der Waals surface area contributed by atoms with E-state index in [1.165, 1.54) is 0 Å². The second kappa shape index (κ2) is 5.54. The number of rotatable bonds is 4. The zero-order valence-corrected chi connectivity index (χ0v) is 13.5. The fourth-order valence-electron chi connectivity index (χ4n) is 1.65. The molecule has 1 aromatic carbocycles. The summed E-state index contributed by atoms with van der Waals surface area (Å²) in [5, 5.41) is 13.5. The summed E-state index contributed by atoms with van der Waals surface area (Å²) in [6.07, 6.45) is 0. The smallest absolute Gasteiger partial charge is 0.271 e. The van der Waals surface area contributed by atoms with Crippen molar-refractivity contribution in [2.24, 2.45) is 0 Å². The van der Waals surface area contributed by atoms with Gasteiger partial charge in [0.05, 0.1) is 3.79 Å². The quantitative estimate of drug-likeness (QED) is 0.718. The first kappa shape index (κ1) is 14.2. The van der Waals surface area contributed by atoms with Crippen LogP contribution in [0.5, 0.6) is 0 Å². The number of hydrogen-bond acceptors (Lipinski definition) is 6. The lowest BCUT2D eigenvalue weighted by molar-refractivity contribution is 0.603. The van der Waals surface area contributed by atoms with Crippen molar-refractivity contribution in [1.29, 1.82) is 0 Å².